The molecule has 0 aliphatic carbocycles. The summed E-state index contributed by atoms with van der Waals surface area (Å²) < 4.78 is 55.4. The Labute approximate surface area is 139 Å². The number of hydrogen-bond acceptors (Lipinski definition) is 3. The lowest BCUT2D eigenvalue weighted by Gasteiger charge is -2.21. The maximum Gasteiger partial charge on any atom is 0.445 e. The molecule has 126 valence electrons. The molecule has 10 heteroatoms. The summed E-state index contributed by atoms with van der Waals surface area (Å²) in [6.07, 6.45) is -5.80. The Morgan fingerprint density at radius 1 is 1.26 bits per heavy atom. The fourth-order valence-electron chi connectivity index (χ4n) is 1.92. The van der Waals surface area contributed by atoms with E-state index in [0.717, 1.165) is 0 Å². The first-order valence-corrected chi connectivity index (χ1v) is 7.12. The second-order valence-electron chi connectivity index (χ2n) is 4.67. The number of alkyl halides is 4. The minimum Gasteiger partial charge on any atom is -0.341 e. The van der Waals surface area contributed by atoms with Gasteiger partial charge in [0.1, 0.15) is 12.7 Å². The third-order valence-corrected chi connectivity index (χ3v) is 3.54. The number of nitrogens with zero attached hydrogens (tertiary/aromatic N) is 3. The smallest absolute Gasteiger partial charge is 0.341 e. The third kappa shape index (κ3) is 5.05. The number of aromatic nitrogens is 3. The van der Waals surface area contributed by atoms with Crippen molar-refractivity contribution in [3.63, 3.8) is 0 Å². The zero-order valence-corrected chi connectivity index (χ0v) is 13.0. The maximum atomic E-state index is 13.0. The zero-order chi connectivity index (χ0) is 17.0. The zero-order valence-electron chi connectivity index (χ0n) is 11.5. The Balaban J connectivity index is 2.18. The summed E-state index contributed by atoms with van der Waals surface area (Å²) in [5.41, 5.74) is 0.473. The molecule has 0 aliphatic heterocycles. The van der Waals surface area contributed by atoms with Crippen molar-refractivity contribution in [2.45, 2.75) is 25.0 Å². The molecule has 0 aliphatic rings. The van der Waals surface area contributed by atoms with Crippen LogP contribution in [0.1, 0.15) is 11.5 Å². The molecule has 0 saturated carbocycles. The Kier molecular flexibility index (Phi) is 5.83. The van der Waals surface area contributed by atoms with Crippen LogP contribution in [0.5, 0.6) is 0 Å². The average Bonchev–Trinajstić information content (AvgIpc) is 2.95. The molecule has 2 unspecified atom stereocenters. The van der Waals surface area contributed by atoms with Gasteiger partial charge in [0.25, 0.3) is 6.36 Å². The van der Waals surface area contributed by atoms with Gasteiger partial charge in [0.15, 0.2) is 0 Å². The summed E-state index contributed by atoms with van der Waals surface area (Å²) in [4.78, 5) is 3.74. The summed E-state index contributed by atoms with van der Waals surface area (Å²) in [6.45, 7) is -0.423. The van der Waals surface area contributed by atoms with Gasteiger partial charge in [-0.15, -0.1) is 0 Å². The highest BCUT2D eigenvalue weighted by Gasteiger charge is 2.41. The largest absolute Gasteiger partial charge is 0.445 e. The van der Waals surface area contributed by atoms with Crippen molar-refractivity contribution in [1.82, 2.24) is 14.8 Å². The molecule has 0 N–H and O–H groups in total. The number of halogens is 6. The van der Waals surface area contributed by atoms with Crippen LogP contribution in [0, 0.1) is 0 Å². The molecule has 1 aromatic heterocycles. The van der Waals surface area contributed by atoms with Crippen LogP contribution in [0.2, 0.25) is 10.0 Å². The summed E-state index contributed by atoms with van der Waals surface area (Å²) in [7, 11) is 0. The Morgan fingerprint density at radius 3 is 2.57 bits per heavy atom. The van der Waals surface area contributed by atoms with Gasteiger partial charge in [0, 0.05) is 16.0 Å². The van der Waals surface area contributed by atoms with Gasteiger partial charge in [-0.05, 0) is 17.7 Å². The van der Waals surface area contributed by atoms with E-state index in [1.54, 1.807) is 6.07 Å². The second-order valence-corrected chi connectivity index (χ2v) is 5.51. The lowest BCUT2D eigenvalue weighted by molar-refractivity contribution is -0.265. The SMILES string of the molecule is FC(OCC(Cn1cncn1)c1ccc(Cl)cc1Cl)C(F)(F)F. The van der Waals surface area contributed by atoms with Gasteiger partial charge in [-0.1, -0.05) is 29.3 Å². The second kappa shape index (κ2) is 7.46. The van der Waals surface area contributed by atoms with Crippen molar-refractivity contribution in [2.24, 2.45) is 0 Å². The standard InChI is InChI=1S/C13H11Cl2F4N3O/c14-9-1-2-10(11(15)3-9)8(4-22-7-20-6-21-22)5-23-12(16)13(17,18)19/h1-3,6-8,12H,4-5H2. The van der Waals surface area contributed by atoms with E-state index in [-0.39, 0.29) is 11.6 Å². The molecule has 0 amide bonds. The predicted octanol–water partition coefficient (Wildman–Crippen LogP) is 4.24. The molecule has 4 nitrogen and oxygen atoms in total. The Morgan fingerprint density at radius 2 is 2.00 bits per heavy atom. The molecule has 0 fully saturated rings. The van der Waals surface area contributed by atoms with E-state index in [9.17, 15) is 17.6 Å². The first kappa shape index (κ1) is 18.0. The van der Waals surface area contributed by atoms with Crippen molar-refractivity contribution in [3.8, 4) is 0 Å². The molecule has 1 aromatic carbocycles. The van der Waals surface area contributed by atoms with Gasteiger partial charge >= 0.3 is 6.18 Å². The van der Waals surface area contributed by atoms with Gasteiger partial charge in [-0.2, -0.15) is 18.3 Å². The monoisotopic (exact) mass is 371 g/mol. The highest BCUT2D eigenvalue weighted by Crippen LogP contribution is 2.31. The van der Waals surface area contributed by atoms with E-state index in [1.165, 1.54) is 29.5 Å². The summed E-state index contributed by atoms with van der Waals surface area (Å²) in [5.74, 6) is -0.665. The van der Waals surface area contributed by atoms with E-state index in [1.807, 2.05) is 0 Å². The van der Waals surface area contributed by atoms with Crippen LogP contribution >= 0.6 is 23.2 Å². The normalized spacial score (nSPS) is 14.7. The van der Waals surface area contributed by atoms with Crippen LogP contribution in [0.4, 0.5) is 17.6 Å². The minimum absolute atomic E-state index is 0.117. The van der Waals surface area contributed by atoms with Crippen LogP contribution in [-0.2, 0) is 11.3 Å². The molecule has 0 bridgehead atoms. The van der Waals surface area contributed by atoms with Crippen LogP contribution in [0.15, 0.2) is 30.9 Å². The van der Waals surface area contributed by atoms with Crippen molar-refractivity contribution >= 4 is 23.2 Å². The van der Waals surface area contributed by atoms with Gasteiger partial charge < -0.3 is 4.74 Å². The van der Waals surface area contributed by atoms with E-state index < -0.39 is 25.1 Å². The lowest BCUT2D eigenvalue weighted by Crippen LogP contribution is -2.29. The Bertz CT molecular complexity index is 637. The van der Waals surface area contributed by atoms with Gasteiger partial charge in [-0.3, -0.25) is 4.68 Å². The topological polar surface area (TPSA) is 39.9 Å². The highest BCUT2D eigenvalue weighted by molar-refractivity contribution is 6.35. The molecule has 2 atom stereocenters. The van der Waals surface area contributed by atoms with Crippen LogP contribution in [0.3, 0.4) is 0 Å². The maximum absolute atomic E-state index is 13.0. The van der Waals surface area contributed by atoms with E-state index in [0.29, 0.717) is 10.6 Å². The predicted molar refractivity (Wildman–Crippen MR) is 76.1 cm³/mol. The number of hydrogen-bond donors (Lipinski definition) is 0. The molecular formula is C13H11Cl2F4N3O. The average molecular weight is 372 g/mol. The van der Waals surface area contributed by atoms with Gasteiger partial charge in [0.2, 0.25) is 0 Å². The van der Waals surface area contributed by atoms with Gasteiger partial charge in [0.05, 0.1) is 13.2 Å². The first-order valence-electron chi connectivity index (χ1n) is 6.37. The number of benzene rings is 1. The van der Waals surface area contributed by atoms with Crippen LogP contribution in [-0.4, -0.2) is 33.9 Å². The van der Waals surface area contributed by atoms with E-state index in [2.05, 4.69) is 14.8 Å². The number of ether oxygens (including phenoxy) is 1. The molecule has 0 radical (unpaired) electrons. The molecular weight excluding hydrogens is 361 g/mol. The molecule has 0 saturated heterocycles. The van der Waals surface area contributed by atoms with Crippen molar-refractivity contribution in [2.75, 3.05) is 6.61 Å². The molecule has 1 heterocycles. The molecule has 0 spiro atoms. The highest BCUT2D eigenvalue weighted by atomic mass is 35.5. The number of rotatable bonds is 6. The van der Waals surface area contributed by atoms with Crippen molar-refractivity contribution < 1.29 is 22.3 Å². The summed E-state index contributed by atoms with van der Waals surface area (Å²) in [6, 6.07) is 4.54. The fraction of sp³-hybridized carbons (Fsp3) is 0.385. The third-order valence-electron chi connectivity index (χ3n) is 2.98. The Hall–Kier alpha value is -1.38. The van der Waals surface area contributed by atoms with E-state index in [4.69, 9.17) is 23.2 Å². The van der Waals surface area contributed by atoms with Crippen molar-refractivity contribution in [3.05, 3.63) is 46.5 Å². The van der Waals surface area contributed by atoms with Gasteiger partial charge in [-0.25, -0.2) is 9.37 Å². The summed E-state index contributed by atoms with van der Waals surface area (Å²) >= 11 is 11.9. The fourth-order valence-corrected chi connectivity index (χ4v) is 2.48. The first-order chi connectivity index (χ1) is 10.8. The summed E-state index contributed by atoms with van der Waals surface area (Å²) in [5, 5.41) is 4.49. The van der Waals surface area contributed by atoms with Crippen LogP contribution in [0.25, 0.3) is 0 Å². The quantitative estimate of drug-likeness (QED) is 0.712. The molecule has 23 heavy (non-hydrogen) atoms. The van der Waals surface area contributed by atoms with Crippen LogP contribution < -0.4 is 0 Å². The molecule has 2 aromatic rings. The lowest BCUT2D eigenvalue weighted by atomic mass is 10.00. The molecule has 2 rings (SSSR count). The minimum atomic E-state index is -5.08. The van der Waals surface area contributed by atoms with E-state index >= 15 is 0 Å². The van der Waals surface area contributed by atoms with Crippen molar-refractivity contribution in [1.29, 1.82) is 0 Å².